The van der Waals surface area contributed by atoms with Crippen molar-refractivity contribution in [2.75, 3.05) is 42.7 Å². The van der Waals surface area contributed by atoms with E-state index in [1.807, 2.05) is 98.8 Å². The normalized spacial score (nSPS) is 11.3. The molecule has 2 aliphatic heterocycles. The zero-order valence-corrected chi connectivity index (χ0v) is 53.1. The Morgan fingerprint density at radius 3 is 1.40 bits per heavy atom. The first-order valence-electron chi connectivity index (χ1n) is 21.8. The fourth-order valence-electron chi connectivity index (χ4n) is 6.89. The number of carbonyl (C=O) groups is 1. The van der Waals surface area contributed by atoms with Crippen LogP contribution in [0.2, 0.25) is 20.1 Å². The number of aryl methyl sites for hydroxylation is 2. The molecule has 6 aromatic rings. The second-order valence-electron chi connectivity index (χ2n) is 15.4. The molecule has 8 rings (SSSR count). The minimum absolute atomic E-state index is 0. The fourth-order valence-corrected chi connectivity index (χ4v) is 9.02. The summed E-state index contributed by atoms with van der Waals surface area (Å²) >= 11 is 30.8. The molecule has 3 N–H and O–H groups in total. The molecular formula is C53H61Br2Cl4N3Na2O9. The molecule has 0 bridgehead atoms. The number of benzene rings is 6. The van der Waals surface area contributed by atoms with Crippen LogP contribution in [-0.4, -0.2) is 54.0 Å². The van der Waals surface area contributed by atoms with Gasteiger partial charge in [-0.2, -0.15) is 0 Å². The van der Waals surface area contributed by atoms with E-state index in [9.17, 15) is 0 Å². The van der Waals surface area contributed by atoms with Gasteiger partial charge in [0, 0.05) is 49.9 Å². The van der Waals surface area contributed by atoms with E-state index in [2.05, 4.69) is 59.1 Å². The number of carbonyl (C=O) groups excluding carboxylic acids is 1. The second kappa shape index (κ2) is 37.3. The molecule has 386 valence electrons. The van der Waals surface area contributed by atoms with Gasteiger partial charge in [-0.05, 0) is 142 Å². The number of nitrogens with one attached hydrogen (secondary N) is 1. The van der Waals surface area contributed by atoms with Gasteiger partial charge in [0.25, 0.3) is 6.47 Å². The maximum atomic E-state index is 8.64. The molecule has 0 unspecified atom stereocenters. The molecule has 0 radical (unpaired) electrons. The summed E-state index contributed by atoms with van der Waals surface area (Å²) in [6.45, 7) is 9.07. The summed E-state index contributed by atoms with van der Waals surface area (Å²) in [6.07, 6.45) is 0. The summed E-state index contributed by atoms with van der Waals surface area (Å²) in [5, 5.41) is 16.0. The molecule has 0 fully saturated rings. The number of hydrogen-bond donors (Lipinski definition) is 2. The van der Waals surface area contributed by atoms with Crippen LogP contribution in [0.4, 0.5) is 0 Å². The molecule has 0 saturated carbocycles. The van der Waals surface area contributed by atoms with Crippen LogP contribution < -0.4 is 104 Å². The van der Waals surface area contributed by atoms with Gasteiger partial charge in [-0.15, -0.1) is 0 Å². The second-order valence-corrected chi connectivity index (χ2v) is 18.2. The van der Waals surface area contributed by atoms with E-state index >= 15 is 0 Å². The van der Waals surface area contributed by atoms with Crippen LogP contribution in [0, 0.1) is 13.8 Å². The van der Waals surface area contributed by atoms with Crippen molar-refractivity contribution in [3.8, 4) is 34.5 Å². The van der Waals surface area contributed by atoms with Gasteiger partial charge in [-0.1, -0.05) is 103 Å². The number of nitrogens with zero attached hydrogens (tertiary/aromatic N) is 1. The van der Waals surface area contributed by atoms with Gasteiger partial charge in [-0.3, -0.25) is 9.69 Å². The van der Waals surface area contributed by atoms with Gasteiger partial charge in [0.1, 0.15) is 34.5 Å². The largest absolute Gasteiger partial charge is 1.00 e. The maximum absolute atomic E-state index is 8.64. The van der Waals surface area contributed by atoms with Crippen molar-refractivity contribution < 1.29 is 104 Å². The standard InChI is InChI=1S/C17H18ClNO2.C9H9Br2ClO.C9H10ClNO.C9H11ClO.C8H11NO.CH2O3.2Na.H/c1-20-15-5-3-12(4-6-15)9-19-10-13-7-16(18)17(21-2)8-14(13)11-19;1-13-9-3-7(5-11)6(4-10)2-8(9)12;1-12-9-3-7-5-11-4-6(7)2-8(9)10;1-6-4-8(10)9(11-3)5-7(6)2;1-10-8-4-2-7(6-9)3-5-8;2-1-4-3;;;/h3-8H,9-11H2,1-2H3;2-3H,4-5H2,1H3;2-3,11H,4-5H2,1H3;4-5H,1-3H3;2-5H,6,9H2,1H3;1,3H;;;/q;;;;;;2*+1;-1/p-1. The summed E-state index contributed by atoms with van der Waals surface area (Å²) in [6, 6.07) is 31.7. The van der Waals surface area contributed by atoms with Crippen molar-refractivity contribution in [1.29, 1.82) is 0 Å². The third-order valence-corrected chi connectivity index (χ3v) is 13.3. The van der Waals surface area contributed by atoms with Crippen molar-refractivity contribution >= 4 is 84.7 Å². The summed E-state index contributed by atoms with van der Waals surface area (Å²) in [7, 11) is 9.86. The third kappa shape index (κ3) is 22.6. The van der Waals surface area contributed by atoms with Crippen LogP contribution in [-0.2, 0) is 59.6 Å². The Hall–Kier alpha value is -2.45. The minimum atomic E-state index is -0.181. The summed E-state index contributed by atoms with van der Waals surface area (Å²) in [4.78, 5) is 13.6. The van der Waals surface area contributed by atoms with Crippen LogP contribution >= 0.6 is 78.3 Å². The SMILES string of the molecule is COc1cc(C)c(C)cc1Cl.COc1cc(CBr)c(CBr)cc1Cl.COc1cc2c(cc1Cl)CNC2.COc1ccc(CN)cc1.COc1ccc(CN2Cc3cc(Cl)c(OC)cc3C2)cc1.O=CO[O-].[H-].[Na+].[Na+]. The maximum Gasteiger partial charge on any atom is 1.00 e. The average molecular weight is 1230 g/mol. The molecule has 6 aromatic carbocycles. The van der Waals surface area contributed by atoms with Crippen molar-refractivity contribution in [2.45, 2.75) is 63.8 Å². The van der Waals surface area contributed by atoms with E-state index in [-0.39, 0.29) is 67.0 Å². The number of alkyl halides is 2. The van der Waals surface area contributed by atoms with Crippen LogP contribution in [0.1, 0.15) is 57.1 Å². The van der Waals surface area contributed by atoms with Gasteiger partial charge < -0.3 is 51.0 Å². The Bertz CT molecular complexity index is 2570. The van der Waals surface area contributed by atoms with Gasteiger partial charge in [0.05, 0.1) is 62.7 Å². The Balaban J connectivity index is 0.000000898. The molecule has 0 saturated heterocycles. The predicted octanol–water partition coefficient (Wildman–Crippen LogP) is 6.64. The van der Waals surface area contributed by atoms with Crippen molar-refractivity contribution in [3.63, 3.8) is 0 Å². The number of halogens is 6. The summed E-state index contributed by atoms with van der Waals surface area (Å²) in [5.41, 5.74) is 17.7. The van der Waals surface area contributed by atoms with Crippen molar-refractivity contribution in [3.05, 3.63) is 173 Å². The molecule has 20 heteroatoms. The Labute approximate surface area is 513 Å². The van der Waals surface area contributed by atoms with E-state index < -0.39 is 0 Å². The molecule has 2 aliphatic rings. The first kappa shape index (κ1) is 68.6. The van der Waals surface area contributed by atoms with E-state index in [1.54, 1.807) is 42.7 Å². The smallest absolute Gasteiger partial charge is 1.00 e. The van der Waals surface area contributed by atoms with Gasteiger partial charge in [-0.25, -0.2) is 0 Å². The number of rotatable bonds is 12. The van der Waals surface area contributed by atoms with Crippen LogP contribution in [0.3, 0.4) is 0 Å². The van der Waals surface area contributed by atoms with Gasteiger partial charge in [0.2, 0.25) is 0 Å². The first-order valence-corrected chi connectivity index (χ1v) is 25.5. The molecule has 2 heterocycles. The Kier molecular flexibility index (Phi) is 35.1. The molecule has 0 spiro atoms. The topological polar surface area (TPSA) is 146 Å². The summed E-state index contributed by atoms with van der Waals surface area (Å²) in [5.74, 6) is 4.74. The number of nitrogens with two attached hydrogens (primary N) is 1. The number of fused-ring (bicyclic) bond motifs is 2. The predicted molar refractivity (Wildman–Crippen MR) is 292 cm³/mol. The number of hydrogen-bond acceptors (Lipinski definition) is 12. The molecule has 0 aromatic heterocycles. The zero-order valence-electron chi connectivity index (χ0n) is 43.9. The quantitative estimate of drug-likeness (QED) is 0.0446. The molecule has 0 atom stereocenters. The van der Waals surface area contributed by atoms with E-state index in [0.29, 0.717) is 26.6 Å². The Morgan fingerprint density at radius 1 is 0.575 bits per heavy atom. The molecular weight excluding hydrogens is 1170 g/mol. The monoisotopic (exact) mass is 1230 g/mol. The number of methoxy groups -OCH3 is 6. The fraction of sp³-hybridized carbons (Fsp3) is 0.302. The van der Waals surface area contributed by atoms with Crippen molar-refractivity contribution in [1.82, 2.24) is 10.2 Å². The van der Waals surface area contributed by atoms with Gasteiger partial charge >= 0.3 is 59.1 Å². The average Bonchev–Trinajstić information content (AvgIpc) is 4.03. The third-order valence-electron chi connectivity index (χ3n) is 10.9. The molecule has 0 amide bonds. The van der Waals surface area contributed by atoms with E-state index in [1.165, 1.54) is 50.1 Å². The van der Waals surface area contributed by atoms with E-state index in [0.717, 1.165) is 83.4 Å². The van der Waals surface area contributed by atoms with E-state index in [4.69, 9.17) is 90.6 Å². The van der Waals surface area contributed by atoms with Crippen LogP contribution in [0.15, 0.2) is 97.1 Å². The van der Waals surface area contributed by atoms with Gasteiger partial charge in [0.15, 0.2) is 0 Å². The first-order chi connectivity index (χ1) is 34.1. The molecule has 0 aliphatic carbocycles. The van der Waals surface area contributed by atoms with Crippen LogP contribution in [0.5, 0.6) is 34.5 Å². The van der Waals surface area contributed by atoms with Crippen molar-refractivity contribution in [2.24, 2.45) is 5.73 Å². The number of ether oxygens (including phenoxy) is 6. The molecule has 12 nitrogen and oxygen atoms in total. The zero-order chi connectivity index (χ0) is 52.5. The minimum Gasteiger partial charge on any atom is -1.00 e. The van der Waals surface area contributed by atoms with Crippen LogP contribution in [0.25, 0.3) is 0 Å². The molecule has 73 heavy (non-hydrogen) atoms. The Morgan fingerprint density at radius 2 is 0.945 bits per heavy atom. The summed E-state index contributed by atoms with van der Waals surface area (Å²) < 4.78 is 30.7.